The molecule has 1 N–H and O–H groups in total. The van der Waals surface area contributed by atoms with Crippen LogP contribution in [0.5, 0.6) is 5.75 Å². The van der Waals surface area contributed by atoms with Gasteiger partial charge in [-0.05, 0) is 43.2 Å². The van der Waals surface area contributed by atoms with Gasteiger partial charge >= 0.3 is 0 Å². The third-order valence-corrected chi connectivity index (χ3v) is 4.53. The van der Waals surface area contributed by atoms with Gasteiger partial charge in [0.25, 0.3) is 0 Å². The van der Waals surface area contributed by atoms with Crippen molar-refractivity contribution < 1.29 is 13.9 Å². The summed E-state index contributed by atoms with van der Waals surface area (Å²) in [6.45, 7) is 1.96. The molecule has 25 heavy (non-hydrogen) atoms. The van der Waals surface area contributed by atoms with Crippen LogP contribution in [0.25, 0.3) is 0 Å². The van der Waals surface area contributed by atoms with E-state index in [-0.39, 0.29) is 16.8 Å². The molecular formula is C19H20ClFN2O2. The minimum absolute atomic E-state index is 0.0416. The van der Waals surface area contributed by atoms with Crippen LogP contribution in [0.1, 0.15) is 12.8 Å². The first-order valence-electron chi connectivity index (χ1n) is 8.28. The molecule has 6 heteroatoms. The lowest BCUT2D eigenvalue weighted by molar-refractivity contribution is -0.121. The number of amides is 1. The van der Waals surface area contributed by atoms with Gasteiger partial charge in [-0.1, -0.05) is 29.8 Å². The molecule has 1 aliphatic rings. The molecule has 0 radical (unpaired) electrons. The van der Waals surface area contributed by atoms with Crippen molar-refractivity contribution in [2.45, 2.75) is 12.8 Å². The molecular weight excluding hydrogens is 343 g/mol. The van der Waals surface area contributed by atoms with E-state index < -0.39 is 5.82 Å². The summed E-state index contributed by atoms with van der Waals surface area (Å²) in [6.07, 6.45) is 1.73. The van der Waals surface area contributed by atoms with Gasteiger partial charge in [-0.15, -0.1) is 0 Å². The predicted molar refractivity (Wildman–Crippen MR) is 96.3 cm³/mol. The van der Waals surface area contributed by atoms with Crippen LogP contribution < -0.4 is 10.1 Å². The van der Waals surface area contributed by atoms with E-state index in [9.17, 15) is 9.18 Å². The Morgan fingerprint density at radius 2 is 2.08 bits per heavy atom. The summed E-state index contributed by atoms with van der Waals surface area (Å²) in [4.78, 5) is 14.6. The van der Waals surface area contributed by atoms with Crippen molar-refractivity contribution in [1.29, 1.82) is 0 Å². The predicted octanol–water partition coefficient (Wildman–Crippen LogP) is 4.17. The number of hydrogen-bond donors (Lipinski definition) is 1. The second-order valence-electron chi connectivity index (χ2n) is 6.12. The van der Waals surface area contributed by atoms with Crippen molar-refractivity contribution in [2.24, 2.45) is 5.92 Å². The number of likely N-dealkylation sites (tertiary alicyclic amines) is 1. The summed E-state index contributed by atoms with van der Waals surface area (Å²) >= 11 is 5.66. The van der Waals surface area contributed by atoms with Gasteiger partial charge in [0.2, 0.25) is 5.91 Å². The maximum Gasteiger partial charge on any atom is 0.228 e. The molecule has 1 saturated heterocycles. The number of piperidine rings is 1. The number of nitrogens with one attached hydrogen (secondary N) is 1. The Hall–Kier alpha value is -2.11. The zero-order valence-electron chi connectivity index (χ0n) is 13.8. The standard InChI is InChI=1S/C19H20ClFN2O2/c20-17-9-8-15(11-18(17)21)22-19(24)14-5-4-10-23(12-14)13-25-16-6-2-1-3-7-16/h1-3,6-9,11,14H,4-5,10,12-13H2,(H,22,24)/t14-/m0/s1. The van der Waals surface area contributed by atoms with Gasteiger partial charge < -0.3 is 10.1 Å². The van der Waals surface area contributed by atoms with Gasteiger partial charge in [0.05, 0.1) is 10.9 Å². The number of carbonyl (C=O) groups excluding carboxylic acids is 1. The molecule has 2 aromatic rings. The summed E-state index contributed by atoms with van der Waals surface area (Å²) in [5, 5.41) is 2.81. The largest absolute Gasteiger partial charge is 0.478 e. The smallest absolute Gasteiger partial charge is 0.228 e. The van der Waals surface area contributed by atoms with Crippen LogP contribution in [0.3, 0.4) is 0 Å². The first-order chi connectivity index (χ1) is 12.1. The number of carbonyl (C=O) groups is 1. The van der Waals surface area contributed by atoms with Crippen LogP contribution in [0, 0.1) is 11.7 Å². The van der Waals surface area contributed by atoms with Gasteiger partial charge in [-0.3, -0.25) is 9.69 Å². The minimum atomic E-state index is -0.541. The van der Waals surface area contributed by atoms with Gasteiger partial charge in [0.15, 0.2) is 0 Å². The van der Waals surface area contributed by atoms with Gasteiger partial charge in [-0.25, -0.2) is 4.39 Å². The van der Waals surface area contributed by atoms with Crippen molar-refractivity contribution in [3.8, 4) is 5.75 Å². The van der Waals surface area contributed by atoms with Crippen LogP contribution in [-0.2, 0) is 4.79 Å². The number of hydrogen-bond acceptors (Lipinski definition) is 3. The Bertz CT molecular complexity index is 727. The highest BCUT2D eigenvalue weighted by Crippen LogP contribution is 2.22. The van der Waals surface area contributed by atoms with Crippen LogP contribution in [-0.4, -0.2) is 30.6 Å². The van der Waals surface area contributed by atoms with Crippen LogP contribution >= 0.6 is 11.6 Å². The summed E-state index contributed by atoms with van der Waals surface area (Å²) in [7, 11) is 0. The molecule has 1 aliphatic heterocycles. The lowest BCUT2D eigenvalue weighted by atomic mass is 9.97. The number of benzene rings is 2. The third-order valence-electron chi connectivity index (χ3n) is 4.22. The summed E-state index contributed by atoms with van der Waals surface area (Å²) in [5.74, 6) is 0.0182. The second kappa shape index (κ2) is 8.32. The molecule has 1 atom stereocenters. The Kier molecular flexibility index (Phi) is 5.89. The SMILES string of the molecule is O=C(Nc1ccc(Cl)c(F)c1)[C@H]1CCCN(COc2ccccc2)C1. The van der Waals surface area contributed by atoms with Crippen LogP contribution in [0.4, 0.5) is 10.1 Å². The number of anilines is 1. The Balaban J connectivity index is 1.53. The maximum atomic E-state index is 13.5. The number of para-hydroxylation sites is 1. The Morgan fingerprint density at radius 3 is 2.84 bits per heavy atom. The normalized spacial score (nSPS) is 17.9. The quantitative estimate of drug-likeness (QED) is 0.868. The van der Waals surface area contributed by atoms with Crippen molar-refractivity contribution in [2.75, 3.05) is 25.1 Å². The molecule has 0 spiro atoms. The number of rotatable bonds is 5. The van der Waals surface area contributed by atoms with E-state index >= 15 is 0 Å². The molecule has 0 unspecified atom stereocenters. The first-order valence-corrected chi connectivity index (χ1v) is 8.66. The first kappa shape index (κ1) is 17.7. The Morgan fingerprint density at radius 1 is 1.28 bits per heavy atom. The van der Waals surface area contributed by atoms with Crippen LogP contribution in [0.2, 0.25) is 5.02 Å². The van der Waals surface area contributed by atoms with Gasteiger partial charge in [-0.2, -0.15) is 0 Å². The molecule has 0 aromatic heterocycles. The van der Waals surface area contributed by atoms with E-state index in [1.165, 1.54) is 12.1 Å². The topological polar surface area (TPSA) is 41.6 Å². The minimum Gasteiger partial charge on any atom is -0.478 e. The summed E-state index contributed by atoms with van der Waals surface area (Å²) in [5.41, 5.74) is 0.421. The molecule has 1 amide bonds. The summed E-state index contributed by atoms with van der Waals surface area (Å²) < 4.78 is 19.2. The van der Waals surface area contributed by atoms with E-state index in [0.29, 0.717) is 19.0 Å². The van der Waals surface area contributed by atoms with Crippen molar-refractivity contribution in [3.63, 3.8) is 0 Å². The monoisotopic (exact) mass is 362 g/mol. The molecule has 1 fully saturated rings. The molecule has 1 heterocycles. The maximum absolute atomic E-state index is 13.5. The van der Waals surface area contributed by atoms with Crippen LogP contribution in [0.15, 0.2) is 48.5 Å². The fraction of sp³-hybridized carbons (Fsp3) is 0.316. The zero-order valence-corrected chi connectivity index (χ0v) is 14.5. The molecule has 0 aliphatic carbocycles. The lowest BCUT2D eigenvalue weighted by Crippen LogP contribution is -2.42. The fourth-order valence-electron chi connectivity index (χ4n) is 2.89. The van der Waals surface area contributed by atoms with E-state index in [1.807, 2.05) is 30.3 Å². The second-order valence-corrected chi connectivity index (χ2v) is 6.53. The number of ether oxygens (including phenoxy) is 1. The fourth-order valence-corrected chi connectivity index (χ4v) is 3.01. The lowest BCUT2D eigenvalue weighted by Gasteiger charge is -2.31. The van der Waals surface area contributed by atoms with Crippen molar-refractivity contribution >= 4 is 23.2 Å². The highest BCUT2D eigenvalue weighted by Gasteiger charge is 2.26. The molecule has 4 nitrogen and oxygen atoms in total. The summed E-state index contributed by atoms with van der Waals surface area (Å²) in [6, 6.07) is 13.9. The van der Waals surface area contributed by atoms with E-state index in [1.54, 1.807) is 6.07 Å². The Labute approximate surface area is 151 Å². The van der Waals surface area contributed by atoms with E-state index in [2.05, 4.69) is 10.2 Å². The third kappa shape index (κ3) is 4.94. The van der Waals surface area contributed by atoms with E-state index in [4.69, 9.17) is 16.3 Å². The zero-order chi connectivity index (χ0) is 17.6. The van der Waals surface area contributed by atoms with Gasteiger partial charge in [0, 0.05) is 18.8 Å². The molecule has 3 rings (SSSR count). The molecule has 0 saturated carbocycles. The number of halogens is 2. The molecule has 2 aromatic carbocycles. The van der Waals surface area contributed by atoms with Gasteiger partial charge in [0.1, 0.15) is 18.3 Å². The average Bonchev–Trinajstić information content (AvgIpc) is 2.64. The van der Waals surface area contributed by atoms with Crippen molar-refractivity contribution in [3.05, 3.63) is 59.4 Å². The van der Waals surface area contributed by atoms with E-state index in [0.717, 1.165) is 25.1 Å². The highest BCUT2D eigenvalue weighted by atomic mass is 35.5. The van der Waals surface area contributed by atoms with Crippen molar-refractivity contribution in [1.82, 2.24) is 4.90 Å². The number of nitrogens with zero attached hydrogens (tertiary/aromatic N) is 1. The molecule has 132 valence electrons. The average molecular weight is 363 g/mol. The molecule has 0 bridgehead atoms. The highest BCUT2D eigenvalue weighted by molar-refractivity contribution is 6.30.